The number of hydrogen-bond acceptors (Lipinski definition) is 3. The van der Waals surface area contributed by atoms with E-state index in [1.54, 1.807) is 6.26 Å². The second-order valence-corrected chi connectivity index (χ2v) is 3.91. The Morgan fingerprint density at radius 1 is 1.62 bits per heavy atom. The van der Waals surface area contributed by atoms with E-state index in [1.807, 2.05) is 0 Å². The second kappa shape index (κ2) is 3.50. The Morgan fingerprint density at radius 3 is 3.00 bits per heavy atom. The first-order valence-corrected chi connectivity index (χ1v) is 4.96. The van der Waals surface area contributed by atoms with Gasteiger partial charge in [-0.15, -0.1) is 0 Å². The molecule has 1 aliphatic heterocycles. The highest BCUT2D eigenvalue weighted by atomic mass is 16.3. The molecule has 1 aromatic heterocycles. The van der Waals surface area contributed by atoms with Gasteiger partial charge in [0.05, 0.1) is 11.7 Å². The van der Waals surface area contributed by atoms with Crippen molar-refractivity contribution in [2.75, 3.05) is 6.54 Å². The summed E-state index contributed by atoms with van der Waals surface area (Å²) in [5, 5.41) is 3.37. The maximum Gasteiger partial charge on any atom is 0.211 e. The molecule has 1 fully saturated rings. The smallest absolute Gasteiger partial charge is 0.211 e. The Balaban J connectivity index is 2.12. The molecule has 1 aliphatic rings. The third-order valence-corrected chi connectivity index (χ3v) is 2.49. The first kappa shape index (κ1) is 8.75. The van der Waals surface area contributed by atoms with Gasteiger partial charge in [-0.2, -0.15) is 0 Å². The third kappa shape index (κ3) is 1.75. The summed E-state index contributed by atoms with van der Waals surface area (Å²) < 4.78 is 5.44. The summed E-state index contributed by atoms with van der Waals surface area (Å²) in [6.07, 6.45) is 4.15. The van der Waals surface area contributed by atoms with E-state index in [-0.39, 0.29) is 0 Å². The van der Waals surface area contributed by atoms with Crippen LogP contribution in [0.2, 0.25) is 0 Å². The fraction of sp³-hybridized carbons (Fsp3) is 0.700. The number of nitrogens with zero attached hydrogens (tertiary/aromatic N) is 1. The van der Waals surface area contributed by atoms with Crippen molar-refractivity contribution < 1.29 is 4.42 Å². The van der Waals surface area contributed by atoms with Crippen LogP contribution < -0.4 is 5.32 Å². The van der Waals surface area contributed by atoms with Crippen molar-refractivity contribution in [3.63, 3.8) is 0 Å². The fourth-order valence-corrected chi connectivity index (χ4v) is 1.62. The van der Waals surface area contributed by atoms with Crippen molar-refractivity contribution in [1.82, 2.24) is 10.3 Å². The summed E-state index contributed by atoms with van der Waals surface area (Å²) in [5.74, 6) is 1.32. The second-order valence-electron chi connectivity index (χ2n) is 3.91. The number of nitrogens with one attached hydrogen (secondary N) is 1. The van der Waals surface area contributed by atoms with Crippen molar-refractivity contribution in [2.45, 2.75) is 38.6 Å². The number of hydrogen-bond donors (Lipinski definition) is 1. The van der Waals surface area contributed by atoms with E-state index in [2.05, 4.69) is 24.1 Å². The molecule has 0 radical (unpaired) electrons. The lowest BCUT2D eigenvalue weighted by Crippen LogP contribution is -2.13. The zero-order valence-electron chi connectivity index (χ0n) is 8.21. The van der Waals surface area contributed by atoms with Crippen LogP contribution in [0.4, 0.5) is 0 Å². The Labute approximate surface area is 78.5 Å². The molecule has 2 heterocycles. The van der Waals surface area contributed by atoms with Gasteiger partial charge >= 0.3 is 0 Å². The van der Waals surface area contributed by atoms with Crippen molar-refractivity contribution in [2.24, 2.45) is 0 Å². The molecule has 2 rings (SSSR count). The molecule has 1 saturated heterocycles. The van der Waals surface area contributed by atoms with Crippen LogP contribution in [-0.2, 0) is 0 Å². The first-order chi connectivity index (χ1) is 6.27. The highest BCUT2D eigenvalue weighted by molar-refractivity contribution is 5.04. The van der Waals surface area contributed by atoms with E-state index in [0.29, 0.717) is 12.0 Å². The molecule has 1 aromatic rings. The van der Waals surface area contributed by atoms with Gasteiger partial charge in [0.2, 0.25) is 5.89 Å². The lowest BCUT2D eigenvalue weighted by molar-refractivity contribution is 0.429. The van der Waals surface area contributed by atoms with Gasteiger partial charge in [0.15, 0.2) is 0 Å². The van der Waals surface area contributed by atoms with Crippen LogP contribution in [0, 0.1) is 0 Å². The van der Waals surface area contributed by atoms with Crippen molar-refractivity contribution >= 4 is 0 Å². The molecule has 1 atom stereocenters. The maximum absolute atomic E-state index is 5.44. The molecule has 13 heavy (non-hydrogen) atoms. The lowest BCUT2D eigenvalue weighted by Gasteiger charge is -2.03. The molecule has 0 aliphatic carbocycles. The van der Waals surface area contributed by atoms with Crippen molar-refractivity contribution in [3.8, 4) is 0 Å². The SMILES string of the molecule is CC(C)c1coc([C@@H]2CCCN2)n1. The Morgan fingerprint density at radius 2 is 2.46 bits per heavy atom. The molecule has 0 aromatic carbocycles. The summed E-state index contributed by atoms with van der Waals surface area (Å²) in [6.45, 7) is 5.34. The summed E-state index contributed by atoms with van der Waals surface area (Å²) in [5.41, 5.74) is 1.06. The maximum atomic E-state index is 5.44. The minimum Gasteiger partial charge on any atom is -0.447 e. The Kier molecular flexibility index (Phi) is 2.36. The summed E-state index contributed by atoms with van der Waals surface area (Å²) >= 11 is 0. The van der Waals surface area contributed by atoms with E-state index in [0.717, 1.165) is 24.6 Å². The van der Waals surface area contributed by atoms with E-state index in [1.165, 1.54) is 6.42 Å². The molecule has 0 bridgehead atoms. The molecule has 0 spiro atoms. The minimum absolute atomic E-state index is 0.354. The topological polar surface area (TPSA) is 38.1 Å². The summed E-state index contributed by atoms with van der Waals surface area (Å²) in [6, 6.07) is 0.354. The molecule has 72 valence electrons. The average Bonchev–Trinajstić information content (AvgIpc) is 2.75. The predicted molar refractivity (Wildman–Crippen MR) is 50.6 cm³/mol. The van der Waals surface area contributed by atoms with Crippen LogP contribution >= 0.6 is 0 Å². The molecular weight excluding hydrogens is 164 g/mol. The van der Waals surface area contributed by atoms with E-state index < -0.39 is 0 Å². The molecular formula is C10H16N2O. The van der Waals surface area contributed by atoms with E-state index in [4.69, 9.17) is 4.42 Å². The van der Waals surface area contributed by atoms with Gasteiger partial charge in [0.1, 0.15) is 6.26 Å². The number of oxazole rings is 1. The molecule has 0 unspecified atom stereocenters. The van der Waals surface area contributed by atoms with Gasteiger partial charge in [-0.05, 0) is 25.3 Å². The largest absolute Gasteiger partial charge is 0.447 e. The van der Waals surface area contributed by atoms with Crippen LogP contribution in [0.3, 0.4) is 0 Å². The molecule has 0 amide bonds. The van der Waals surface area contributed by atoms with E-state index >= 15 is 0 Å². The standard InChI is InChI=1S/C10H16N2O/c1-7(2)9-6-13-10(12-9)8-4-3-5-11-8/h6-8,11H,3-5H2,1-2H3/t8-/m0/s1. The van der Waals surface area contributed by atoms with Gasteiger partial charge in [-0.3, -0.25) is 0 Å². The fourth-order valence-electron chi connectivity index (χ4n) is 1.62. The number of rotatable bonds is 2. The monoisotopic (exact) mass is 180 g/mol. The van der Waals surface area contributed by atoms with Gasteiger partial charge < -0.3 is 9.73 Å². The summed E-state index contributed by atoms with van der Waals surface area (Å²) in [7, 11) is 0. The first-order valence-electron chi connectivity index (χ1n) is 4.96. The molecule has 3 heteroatoms. The number of aromatic nitrogens is 1. The van der Waals surface area contributed by atoms with Gasteiger partial charge in [-0.1, -0.05) is 13.8 Å². The average molecular weight is 180 g/mol. The predicted octanol–water partition coefficient (Wildman–Crippen LogP) is 2.22. The minimum atomic E-state index is 0.354. The molecule has 1 N–H and O–H groups in total. The quantitative estimate of drug-likeness (QED) is 0.758. The highest BCUT2D eigenvalue weighted by Gasteiger charge is 2.21. The van der Waals surface area contributed by atoms with E-state index in [9.17, 15) is 0 Å². The Bertz CT molecular complexity index is 274. The zero-order chi connectivity index (χ0) is 9.26. The lowest BCUT2D eigenvalue weighted by atomic mass is 10.1. The van der Waals surface area contributed by atoms with Crippen LogP contribution in [0.1, 0.15) is 50.2 Å². The van der Waals surface area contributed by atoms with Gasteiger partial charge in [0.25, 0.3) is 0 Å². The Hall–Kier alpha value is -0.830. The zero-order valence-corrected chi connectivity index (χ0v) is 8.21. The summed E-state index contributed by atoms with van der Waals surface area (Å²) in [4.78, 5) is 4.46. The third-order valence-electron chi connectivity index (χ3n) is 2.49. The normalized spacial score (nSPS) is 22.8. The van der Waals surface area contributed by atoms with Crippen LogP contribution in [0.15, 0.2) is 10.7 Å². The van der Waals surface area contributed by atoms with Crippen LogP contribution in [0.25, 0.3) is 0 Å². The van der Waals surface area contributed by atoms with Crippen molar-refractivity contribution in [1.29, 1.82) is 0 Å². The van der Waals surface area contributed by atoms with Gasteiger partial charge in [0, 0.05) is 0 Å². The van der Waals surface area contributed by atoms with Crippen molar-refractivity contribution in [3.05, 3.63) is 17.8 Å². The molecule has 0 saturated carbocycles. The highest BCUT2D eigenvalue weighted by Crippen LogP contribution is 2.24. The van der Waals surface area contributed by atoms with Gasteiger partial charge in [-0.25, -0.2) is 4.98 Å². The molecule has 3 nitrogen and oxygen atoms in total. The van der Waals surface area contributed by atoms with Crippen LogP contribution in [0.5, 0.6) is 0 Å². The van der Waals surface area contributed by atoms with Crippen LogP contribution in [-0.4, -0.2) is 11.5 Å².